The van der Waals surface area contributed by atoms with Gasteiger partial charge in [0.15, 0.2) is 0 Å². The summed E-state index contributed by atoms with van der Waals surface area (Å²) in [6, 6.07) is 1.72. The van der Waals surface area contributed by atoms with Gasteiger partial charge in [0.1, 0.15) is 12.4 Å². The van der Waals surface area contributed by atoms with Crippen LogP contribution in [0.5, 0.6) is 11.6 Å². The highest BCUT2D eigenvalue weighted by atomic mass is 16.5. The van der Waals surface area contributed by atoms with Crippen molar-refractivity contribution in [1.29, 1.82) is 0 Å². The molecule has 6 nitrogen and oxygen atoms in total. The van der Waals surface area contributed by atoms with Gasteiger partial charge in [0.05, 0.1) is 25.3 Å². The predicted molar refractivity (Wildman–Crippen MR) is 68.3 cm³/mol. The summed E-state index contributed by atoms with van der Waals surface area (Å²) in [6.07, 6.45) is 3.03. The van der Waals surface area contributed by atoms with Gasteiger partial charge in [-0.1, -0.05) is 0 Å². The molecule has 0 bridgehead atoms. The number of carbonyl (C=O) groups excluding carboxylic acids is 1. The minimum absolute atomic E-state index is 0.336. The van der Waals surface area contributed by atoms with Crippen LogP contribution in [0.2, 0.25) is 0 Å². The molecular weight excluding hydrogens is 248 g/mol. The summed E-state index contributed by atoms with van der Waals surface area (Å²) in [4.78, 5) is 15.7. The lowest BCUT2D eigenvalue weighted by atomic mass is 9.95. The highest BCUT2D eigenvalue weighted by Crippen LogP contribution is 2.51. The molecule has 104 valence electrons. The maximum Gasteiger partial charge on any atom is 0.228 e. The zero-order valence-electron chi connectivity index (χ0n) is 11.1. The molecule has 0 aliphatic heterocycles. The molecule has 19 heavy (non-hydrogen) atoms. The molecule has 1 saturated carbocycles. The fourth-order valence-electron chi connectivity index (χ4n) is 2.03. The van der Waals surface area contributed by atoms with Crippen LogP contribution in [0.15, 0.2) is 12.3 Å². The summed E-state index contributed by atoms with van der Waals surface area (Å²) >= 11 is 0. The Bertz CT molecular complexity index is 472. The van der Waals surface area contributed by atoms with Crippen molar-refractivity contribution in [2.45, 2.75) is 18.3 Å². The molecular formula is C13H18N2O4. The zero-order chi connectivity index (χ0) is 13.9. The molecule has 1 amide bonds. The van der Waals surface area contributed by atoms with E-state index in [-0.39, 0.29) is 5.91 Å². The fraction of sp³-hybridized carbons (Fsp3) is 0.538. The molecule has 1 aromatic rings. The van der Waals surface area contributed by atoms with Crippen LogP contribution in [0.3, 0.4) is 0 Å². The highest BCUT2D eigenvalue weighted by Gasteiger charge is 2.52. The van der Waals surface area contributed by atoms with Gasteiger partial charge in [0.25, 0.3) is 0 Å². The number of amides is 1. The van der Waals surface area contributed by atoms with Crippen LogP contribution in [0.25, 0.3) is 0 Å². The van der Waals surface area contributed by atoms with Crippen LogP contribution in [-0.4, -0.2) is 38.3 Å². The molecule has 2 N–H and O–H groups in total. The summed E-state index contributed by atoms with van der Waals surface area (Å²) in [5.41, 5.74) is 5.63. The molecule has 1 aliphatic carbocycles. The van der Waals surface area contributed by atoms with E-state index in [2.05, 4.69) is 4.98 Å². The number of nitrogens with two attached hydrogens (primary N) is 1. The standard InChI is InChI=1S/C13H18N2O4/c1-17-5-6-19-10-8-15-11(18-2)7-9(10)13(3-4-13)12(14)16/h7-8H,3-6H2,1-2H3,(H2,14,16). The van der Waals surface area contributed by atoms with E-state index >= 15 is 0 Å². The molecule has 0 saturated heterocycles. The quantitative estimate of drug-likeness (QED) is 0.732. The van der Waals surface area contributed by atoms with Crippen molar-refractivity contribution in [3.05, 3.63) is 17.8 Å². The molecule has 1 aliphatic rings. The van der Waals surface area contributed by atoms with Crippen molar-refractivity contribution in [1.82, 2.24) is 4.98 Å². The van der Waals surface area contributed by atoms with Gasteiger partial charge in [-0.3, -0.25) is 4.79 Å². The van der Waals surface area contributed by atoms with E-state index in [0.717, 1.165) is 18.4 Å². The normalized spacial score (nSPS) is 15.9. The highest BCUT2D eigenvalue weighted by molar-refractivity contribution is 5.90. The molecule has 0 radical (unpaired) electrons. The third kappa shape index (κ3) is 2.63. The van der Waals surface area contributed by atoms with Crippen molar-refractivity contribution in [2.24, 2.45) is 5.73 Å². The largest absolute Gasteiger partial charge is 0.489 e. The van der Waals surface area contributed by atoms with Gasteiger partial charge in [0.2, 0.25) is 11.8 Å². The summed E-state index contributed by atoms with van der Waals surface area (Å²) in [5, 5.41) is 0. The minimum atomic E-state index is -0.626. The first-order chi connectivity index (χ1) is 9.14. The van der Waals surface area contributed by atoms with Crippen LogP contribution in [0.4, 0.5) is 0 Å². The Hall–Kier alpha value is -1.82. The summed E-state index contributed by atoms with van der Waals surface area (Å²) in [5.74, 6) is 0.674. The first-order valence-corrected chi connectivity index (χ1v) is 6.10. The Labute approximate surface area is 111 Å². The Morgan fingerprint density at radius 1 is 1.42 bits per heavy atom. The molecule has 0 aromatic carbocycles. The van der Waals surface area contributed by atoms with Crippen LogP contribution in [0.1, 0.15) is 18.4 Å². The maximum atomic E-state index is 11.6. The number of ether oxygens (including phenoxy) is 3. The van der Waals surface area contributed by atoms with Crippen LogP contribution in [-0.2, 0) is 14.9 Å². The zero-order valence-corrected chi connectivity index (χ0v) is 11.1. The van der Waals surface area contributed by atoms with Crippen LogP contribution < -0.4 is 15.2 Å². The second-order valence-electron chi connectivity index (χ2n) is 4.51. The van der Waals surface area contributed by atoms with Gasteiger partial charge in [0, 0.05) is 18.7 Å². The summed E-state index contributed by atoms with van der Waals surface area (Å²) in [6.45, 7) is 0.862. The van der Waals surface area contributed by atoms with Gasteiger partial charge in [-0.05, 0) is 12.8 Å². The van der Waals surface area contributed by atoms with E-state index in [0.29, 0.717) is 24.8 Å². The van der Waals surface area contributed by atoms with Crippen molar-refractivity contribution in [2.75, 3.05) is 27.4 Å². The first kappa shape index (κ1) is 13.6. The molecule has 0 atom stereocenters. The van der Waals surface area contributed by atoms with Gasteiger partial charge >= 0.3 is 0 Å². The maximum absolute atomic E-state index is 11.6. The van der Waals surface area contributed by atoms with Crippen molar-refractivity contribution in [3.8, 4) is 11.6 Å². The van der Waals surface area contributed by atoms with Crippen LogP contribution >= 0.6 is 0 Å². The number of hydrogen-bond donors (Lipinski definition) is 1. The van der Waals surface area contributed by atoms with E-state index in [4.69, 9.17) is 19.9 Å². The number of nitrogens with zero attached hydrogens (tertiary/aromatic N) is 1. The Morgan fingerprint density at radius 3 is 2.68 bits per heavy atom. The lowest BCUT2D eigenvalue weighted by molar-refractivity contribution is -0.120. The second kappa shape index (κ2) is 5.44. The Balaban J connectivity index is 2.29. The van der Waals surface area contributed by atoms with Gasteiger partial charge in [-0.15, -0.1) is 0 Å². The molecule has 0 spiro atoms. The lowest BCUT2D eigenvalue weighted by Gasteiger charge is -2.17. The first-order valence-electron chi connectivity index (χ1n) is 6.10. The van der Waals surface area contributed by atoms with E-state index in [1.54, 1.807) is 19.4 Å². The van der Waals surface area contributed by atoms with Crippen molar-refractivity contribution in [3.63, 3.8) is 0 Å². The number of carbonyl (C=O) groups is 1. The number of primary amides is 1. The predicted octanol–water partition coefficient (Wildman–Crippen LogP) is 0.632. The third-order valence-electron chi connectivity index (χ3n) is 3.33. The van der Waals surface area contributed by atoms with Gasteiger partial charge < -0.3 is 19.9 Å². The monoisotopic (exact) mass is 266 g/mol. The topological polar surface area (TPSA) is 83.7 Å². The Morgan fingerprint density at radius 2 is 2.16 bits per heavy atom. The average molecular weight is 266 g/mol. The van der Waals surface area contributed by atoms with Gasteiger partial charge in [-0.25, -0.2) is 4.98 Å². The molecule has 1 heterocycles. The fourth-order valence-corrected chi connectivity index (χ4v) is 2.03. The molecule has 0 unspecified atom stereocenters. The van der Waals surface area contributed by atoms with Gasteiger partial charge in [-0.2, -0.15) is 0 Å². The lowest BCUT2D eigenvalue weighted by Crippen LogP contribution is -2.29. The molecule has 1 aromatic heterocycles. The second-order valence-corrected chi connectivity index (χ2v) is 4.51. The number of hydrogen-bond acceptors (Lipinski definition) is 5. The van der Waals surface area contributed by atoms with E-state index < -0.39 is 5.41 Å². The number of methoxy groups -OCH3 is 2. The number of aromatic nitrogens is 1. The summed E-state index contributed by atoms with van der Waals surface area (Å²) < 4.78 is 15.6. The SMILES string of the molecule is COCCOc1cnc(OC)cc1C1(C(N)=O)CC1. The van der Waals surface area contributed by atoms with E-state index in [9.17, 15) is 4.79 Å². The van der Waals surface area contributed by atoms with Crippen molar-refractivity contribution < 1.29 is 19.0 Å². The minimum Gasteiger partial charge on any atom is -0.489 e. The molecule has 2 rings (SSSR count). The summed E-state index contributed by atoms with van der Waals surface area (Å²) in [7, 11) is 3.13. The number of rotatable bonds is 7. The average Bonchev–Trinajstić information content (AvgIpc) is 3.21. The van der Waals surface area contributed by atoms with Crippen LogP contribution in [0, 0.1) is 0 Å². The Kier molecular flexibility index (Phi) is 3.90. The van der Waals surface area contributed by atoms with E-state index in [1.165, 1.54) is 7.11 Å². The molecule has 1 fully saturated rings. The number of pyridine rings is 1. The third-order valence-corrected chi connectivity index (χ3v) is 3.33. The molecule has 6 heteroatoms. The smallest absolute Gasteiger partial charge is 0.228 e. The van der Waals surface area contributed by atoms with E-state index in [1.807, 2.05) is 0 Å². The van der Waals surface area contributed by atoms with Crippen molar-refractivity contribution >= 4 is 5.91 Å².